The molecule has 0 spiro atoms. The summed E-state index contributed by atoms with van der Waals surface area (Å²) in [6.45, 7) is 2.48. The third-order valence-corrected chi connectivity index (χ3v) is 3.73. The molecule has 0 N–H and O–H groups in total. The molecule has 0 aliphatic carbocycles. The van der Waals surface area contributed by atoms with Gasteiger partial charge in [-0.2, -0.15) is 5.26 Å². The lowest BCUT2D eigenvalue weighted by atomic mass is 10.1. The summed E-state index contributed by atoms with van der Waals surface area (Å²) >= 11 is 0. The summed E-state index contributed by atoms with van der Waals surface area (Å²) in [7, 11) is 2.04. The Morgan fingerprint density at radius 1 is 0.957 bits per heavy atom. The molecule has 0 saturated heterocycles. The van der Waals surface area contributed by atoms with Gasteiger partial charge in [-0.1, -0.05) is 42.5 Å². The summed E-state index contributed by atoms with van der Waals surface area (Å²) in [5.41, 5.74) is 2.61. The Morgan fingerprint density at radius 2 is 1.65 bits per heavy atom. The van der Waals surface area contributed by atoms with Gasteiger partial charge >= 0.3 is 0 Å². The molecule has 0 heterocycles. The van der Waals surface area contributed by atoms with Gasteiger partial charge in [-0.25, -0.2) is 0 Å². The van der Waals surface area contributed by atoms with Crippen LogP contribution >= 0.6 is 0 Å². The summed E-state index contributed by atoms with van der Waals surface area (Å²) in [5.74, 6) is 0.918. The molecular formula is C20H24N2O. The first kappa shape index (κ1) is 17.1. The maximum Gasteiger partial charge on any atom is 0.119 e. The average Bonchev–Trinajstić information content (AvgIpc) is 2.59. The van der Waals surface area contributed by atoms with Gasteiger partial charge in [0, 0.05) is 19.5 Å². The fourth-order valence-electron chi connectivity index (χ4n) is 2.41. The van der Waals surface area contributed by atoms with Crippen molar-refractivity contribution in [2.45, 2.75) is 19.3 Å². The molecule has 0 fully saturated rings. The molecule has 0 amide bonds. The van der Waals surface area contributed by atoms with E-state index in [1.54, 1.807) is 0 Å². The van der Waals surface area contributed by atoms with E-state index >= 15 is 0 Å². The van der Waals surface area contributed by atoms with Crippen molar-refractivity contribution in [2.24, 2.45) is 0 Å². The SMILES string of the molecule is CN(CCC#N)CCCOc1ccc(Cc2ccccc2)cc1. The van der Waals surface area contributed by atoms with Gasteiger partial charge in [-0.05, 0) is 43.1 Å². The zero-order chi connectivity index (χ0) is 16.3. The standard InChI is InChI=1S/C20H24N2O/c1-22(14-5-13-21)15-6-16-23-20-11-9-19(10-12-20)17-18-7-3-2-4-8-18/h2-4,7-12H,5-6,14-17H2,1H3. The number of benzene rings is 2. The van der Waals surface area contributed by atoms with Gasteiger partial charge in [-0.3, -0.25) is 0 Å². The molecule has 3 nitrogen and oxygen atoms in total. The minimum absolute atomic E-state index is 0.584. The van der Waals surface area contributed by atoms with Gasteiger partial charge in [0.25, 0.3) is 0 Å². The van der Waals surface area contributed by atoms with E-state index in [9.17, 15) is 0 Å². The molecule has 0 atom stereocenters. The monoisotopic (exact) mass is 308 g/mol. The van der Waals surface area contributed by atoms with Crippen molar-refractivity contribution in [2.75, 3.05) is 26.7 Å². The molecule has 120 valence electrons. The summed E-state index contributed by atoms with van der Waals surface area (Å²) in [5, 5.41) is 8.55. The van der Waals surface area contributed by atoms with Gasteiger partial charge in [0.1, 0.15) is 5.75 Å². The Balaban J connectivity index is 1.70. The summed E-state index contributed by atoms with van der Waals surface area (Å²) in [6.07, 6.45) is 2.50. The van der Waals surface area contributed by atoms with Crippen molar-refractivity contribution in [1.82, 2.24) is 4.90 Å². The maximum atomic E-state index is 8.55. The molecule has 0 radical (unpaired) electrons. The van der Waals surface area contributed by atoms with E-state index < -0.39 is 0 Å². The average molecular weight is 308 g/mol. The van der Waals surface area contributed by atoms with Crippen LogP contribution < -0.4 is 4.74 Å². The predicted molar refractivity (Wildman–Crippen MR) is 93.5 cm³/mol. The van der Waals surface area contributed by atoms with Crippen molar-refractivity contribution in [1.29, 1.82) is 5.26 Å². The van der Waals surface area contributed by atoms with E-state index in [1.165, 1.54) is 11.1 Å². The summed E-state index contributed by atoms with van der Waals surface area (Å²) < 4.78 is 5.77. The Hall–Kier alpha value is -2.31. The van der Waals surface area contributed by atoms with Crippen LogP contribution in [0.25, 0.3) is 0 Å². The summed E-state index contributed by atoms with van der Waals surface area (Å²) in [6, 6.07) is 21.0. The Bertz CT molecular complexity index is 602. The molecule has 3 heteroatoms. The van der Waals surface area contributed by atoms with E-state index in [0.717, 1.165) is 31.7 Å². The van der Waals surface area contributed by atoms with Crippen molar-refractivity contribution in [3.05, 3.63) is 65.7 Å². The Labute approximate surface area is 139 Å². The van der Waals surface area contributed by atoms with Crippen molar-refractivity contribution >= 4 is 0 Å². The van der Waals surface area contributed by atoms with E-state index in [4.69, 9.17) is 10.00 Å². The zero-order valence-electron chi connectivity index (χ0n) is 13.7. The highest BCUT2D eigenvalue weighted by atomic mass is 16.5. The fraction of sp³-hybridized carbons (Fsp3) is 0.350. The molecule has 0 bridgehead atoms. The number of nitrogens with zero attached hydrogens (tertiary/aromatic N) is 2. The Morgan fingerprint density at radius 3 is 2.35 bits per heavy atom. The lowest BCUT2D eigenvalue weighted by Gasteiger charge is -2.14. The Kier molecular flexibility index (Phi) is 7.16. The lowest BCUT2D eigenvalue weighted by molar-refractivity contribution is 0.265. The number of hydrogen-bond acceptors (Lipinski definition) is 3. The molecular weight excluding hydrogens is 284 g/mol. The highest BCUT2D eigenvalue weighted by Crippen LogP contribution is 2.15. The van der Waals surface area contributed by atoms with Crippen molar-refractivity contribution in [3.63, 3.8) is 0 Å². The lowest BCUT2D eigenvalue weighted by Crippen LogP contribution is -2.22. The van der Waals surface area contributed by atoms with E-state index in [-0.39, 0.29) is 0 Å². The molecule has 0 saturated carbocycles. The second-order valence-corrected chi connectivity index (χ2v) is 5.72. The number of nitriles is 1. The highest BCUT2D eigenvalue weighted by Gasteiger charge is 2.00. The van der Waals surface area contributed by atoms with Crippen LogP contribution in [0.15, 0.2) is 54.6 Å². The van der Waals surface area contributed by atoms with Gasteiger partial charge in [0.15, 0.2) is 0 Å². The third-order valence-electron chi connectivity index (χ3n) is 3.73. The second-order valence-electron chi connectivity index (χ2n) is 5.72. The van der Waals surface area contributed by atoms with Gasteiger partial charge in [0.05, 0.1) is 12.7 Å². The number of ether oxygens (including phenoxy) is 1. The van der Waals surface area contributed by atoms with E-state index in [2.05, 4.69) is 47.4 Å². The largest absolute Gasteiger partial charge is 0.494 e. The van der Waals surface area contributed by atoms with Crippen LogP contribution in [0, 0.1) is 11.3 Å². The molecule has 23 heavy (non-hydrogen) atoms. The molecule has 0 aliphatic rings. The fourth-order valence-corrected chi connectivity index (χ4v) is 2.41. The molecule has 2 rings (SSSR count). The first-order chi connectivity index (χ1) is 11.3. The molecule has 2 aromatic carbocycles. The van der Waals surface area contributed by atoms with Gasteiger partial charge < -0.3 is 9.64 Å². The normalized spacial score (nSPS) is 10.5. The van der Waals surface area contributed by atoms with E-state index in [0.29, 0.717) is 13.0 Å². The highest BCUT2D eigenvalue weighted by molar-refractivity contribution is 5.31. The minimum Gasteiger partial charge on any atom is -0.494 e. The van der Waals surface area contributed by atoms with Gasteiger partial charge in [-0.15, -0.1) is 0 Å². The smallest absolute Gasteiger partial charge is 0.119 e. The number of hydrogen-bond donors (Lipinski definition) is 0. The van der Waals surface area contributed by atoms with Crippen LogP contribution in [0.5, 0.6) is 5.75 Å². The van der Waals surface area contributed by atoms with Crippen molar-refractivity contribution in [3.8, 4) is 11.8 Å². The molecule has 0 unspecified atom stereocenters. The maximum absolute atomic E-state index is 8.55. The van der Waals surface area contributed by atoms with Crippen LogP contribution in [-0.2, 0) is 6.42 Å². The zero-order valence-corrected chi connectivity index (χ0v) is 13.7. The number of rotatable bonds is 9. The van der Waals surface area contributed by atoms with Gasteiger partial charge in [0.2, 0.25) is 0 Å². The van der Waals surface area contributed by atoms with Crippen LogP contribution in [-0.4, -0.2) is 31.6 Å². The quantitative estimate of drug-likeness (QED) is 0.659. The molecule has 0 aliphatic heterocycles. The third kappa shape index (κ3) is 6.54. The second kappa shape index (κ2) is 9.66. The first-order valence-corrected chi connectivity index (χ1v) is 8.09. The molecule has 0 aromatic heterocycles. The van der Waals surface area contributed by atoms with Crippen LogP contribution in [0.4, 0.5) is 0 Å². The van der Waals surface area contributed by atoms with Crippen LogP contribution in [0.1, 0.15) is 24.0 Å². The minimum atomic E-state index is 0.584. The van der Waals surface area contributed by atoms with Crippen molar-refractivity contribution < 1.29 is 4.74 Å². The van der Waals surface area contributed by atoms with E-state index in [1.807, 2.05) is 25.2 Å². The topological polar surface area (TPSA) is 36.3 Å². The molecule has 2 aromatic rings. The predicted octanol–water partition coefficient (Wildman–Crippen LogP) is 3.89. The van der Waals surface area contributed by atoms with Crippen LogP contribution in [0.3, 0.4) is 0 Å². The first-order valence-electron chi connectivity index (χ1n) is 8.09. The van der Waals surface area contributed by atoms with Crippen LogP contribution in [0.2, 0.25) is 0 Å². The summed E-state index contributed by atoms with van der Waals surface area (Å²) in [4.78, 5) is 2.16.